The molecule has 2 heterocycles. The topological polar surface area (TPSA) is 81.4 Å². The van der Waals surface area contributed by atoms with Gasteiger partial charge in [-0.25, -0.2) is 13.9 Å². The molecule has 0 spiro atoms. The maximum absolute atomic E-state index is 13.4. The molecular weight excluding hydrogens is 385 g/mol. The number of halogens is 1. The number of aromatic nitrogens is 4. The van der Waals surface area contributed by atoms with Crippen molar-refractivity contribution < 1.29 is 13.9 Å². The van der Waals surface area contributed by atoms with Crippen LogP contribution in [-0.4, -0.2) is 25.5 Å². The van der Waals surface area contributed by atoms with Crippen LogP contribution in [0.3, 0.4) is 0 Å². The molecule has 2 aromatic carbocycles. The molecule has 0 bridgehead atoms. The normalized spacial score (nSPS) is 10.9. The number of hydrogen-bond acceptors (Lipinski definition) is 5. The standard InChI is InChI=1S/C22H20FN5O2/c1-14-18(15(2)28-22(26-14)24-13-25-28)10-11-21(29)27-19-8-3-4-9-20(19)30-17-7-5-6-16(23)12-17/h3-9,12-13H,10-11H2,1-2H3,(H,27,29). The second-order valence-corrected chi connectivity index (χ2v) is 6.84. The van der Waals surface area contributed by atoms with Gasteiger partial charge >= 0.3 is 0 Å². The molecule has 0 aliphatic rings. The molecule has 0 fully saturated rings. The molecule has 8 heteroatoms. The lowest BCUT2D eigenvalue weighted by Crippen LogP contribution is -2.14. The molecule has 4 rings (SSSR count). The summed E-state index contributed by atoms with van der Waals surface area (Å²) < 4.78 is 20.8. The third-order valence-corrected chi connectivity index (χ3v) is 4.78. The zero-order valence-electron chi connectivity index (χ0n) is 16.6. The fraction of sp³-hybridized carbons (Fsp3) is 0.182. The number of nitrogens with zero attached hydrogens (tertiary/aromatic N) is 4. The number of para-hydroxylation sites is 2. The Labute approximate surface area is 172 Å². The lowest BCUT2D eigenvalue weighted by molar-refractivity contribution is -0.116. The maximum Gasteiger partial charge on any atom is 0.252 e. The number of anilines is 1. The van der Waals surface area contributed by atoms with Gasteiger partial charge in [0.15, 0.2) is 5.75 Å². The van der Waals surface area contributed by atoms with E-state index in [0.29, 0.717) is 29.4 Å². The Balaban J connectivity index is 1.46. The number of hydrogen-bond donors (Lipinski definition) is 1. The molecule has 0 unspecified atom stereocenters. The van der Waals surface area contributed by atoms with Gasteiger partial charge in [-0.2, -0.15) is 10.1 Å². The first-order chi connectivity index (χ1) is 14.5. The fourth-order valence-corrected chi connectivity index (χ4v) is 3.28. The number of benzene rings is 2. The van der Waals surface area contributed by atoms with Gasteiger partial charge in [-0.3, -0.25) is 4.79 Å². The Morgan fingerprint density at radius 1 is 1.17 bits per heavy atom. The van der Waals surface area contributed by atoms with Crippen molar-refractivity contribution in [2.24, 2.45) is 0 Å². The molecule has 0 aliphatic heterocycles. The number of ether oxygens (including phenoxy) is 1. The molecule has 152 valence electrons. The number of fused-ring (bicyclic) bond motifs is 1. The first-order valence-electron chi connectivity index (χ1n) is 9.49. The predicted molar refractivity (Wildman–Crippen MR) is 110 cm³/mol. The highest BCUT2D eigenvalue weighted by Crippen LogP contribution is 2.29. The van der Waals surface area contributed by atoms with Crippen LogP contribution in [0.4, 0.5) is 10.1 Å². The minimum Gasteiger partial charge on any atom is -0.455 e. The van der Waals surface area contributed by atoms with Gasteiger partial charge in [-0.1, -0.05) is 18.2 Å². The van der Waals surface area contributed by atoms with Crippen LogP contribution in [0.25, 0.3) is 5.78 Å². The molecule has 7 nitrogen and oxygen atoms in total. The Bertz CT molecular complexity index is 1220. The second-order valence-electron chi connectivity index (χ2n) is 6.84. The van der Waals surface area contributed by atoms with Gasteiger partial charge in [0.05, 0.1) is 5.69 Å². The van der Waals surface area contributed by atoms with Crippen LogP contribution in [0.5, 0.6) is 11.5 Å². The Morgan fingerprint density at radius 2 is 2.00 bits per heavy atom. The summed E-state index contributed by atoms with van der Waals surface area (Å²) >= 11 is 0. The van der Waals surface area contributed by atoms with Gasteiger partial charge < -0.3 is 10.1 Å². The molecule has 1 amide bonds. The third-order valence-electron chi connectivity index (χ3n) is 4.78. The third kappa shape index (κ3) is 4.12. The maximum atomic E-state index is 13.4. The number of rotatable bonds is 6. The number of carbonyl (C=O) groups is 1. The van der Waals surface area contributed by atoms with E-state index in [0.717, 1.165) is 17.0 Å². The molecule has 0 radical (unpaired) electrons. The summed E-state index contributed by atoms with van der Waals surface area (Å²) in [6.45, 7) is 3.84. The van der Waals surface area contributed by atoms with Gasteiger partial charge in [0.25, 0.3) is 5.78 Å². The van der Waals surface area contributed by atoms with E-state index in [1.165, 1.54) is 18.5 Å². The summed E-state index contributed by atoms with van der Waals surface area (Å²) in [6.07, 6.45) is 2.23. The minimum atomic E-state index is -0.391. The highest BCUT2D eigenvalue weighted by atomic mass is 19.1. The van der Waals surface area contributed by atoms with Gasteiger partial charge in [0.2, 0.25) is 5.91 Å². The number of nitrogens with one attached hydrogen (secondary N) is 1. The molecule has 1 N–H and O–H groups in total. The van der Waals surface area contributed by atoms with Crippen molar-refractivity contribution in [2.75, 3.05) is 5.32 Å². The van der Waals surface area contributed by atoms with Crippen LogP contribution < -0.4 is 10.1 Å². The SMILES string of the molecule is Cc1nc2ncnn2c(C)c1CCC(=O)Nc1ccccc1Oc1cccc(F)c1. The van der Waals surface area contributed by atoms with E-state index in [2.05, 4.69) is 20.4 Å². The van der Waals surface area contributed by atoms with Gasteiger partial charge in [-0.05, 0) is 50.1 Å². The molecule has 2 aromatic heterocycles. The quantitative estimate of drug-likeness (QED) is 0.519. The van der Waals surface area contributed by atoms with E-state index >= 15 is 0 Å². The lowest BCUT2D eigenvalue weighted by atomic mass is 10.1. The van der Waals surface area contributed by atoms with E-state index in [4.69, 9.17) is 4.74 Å². The fourth-order valence-electron chi connectivity index (χ4n) is 3.28. The number of aryl methyl sites for hydroxylation is 2. The van der Waals surface area contributed by atoms with E-state index in [1.54, 1.807) is 40.9 Å². The van der Waals surface area contributed by atoms with Gasteiger partial charge in [0, 0.05) is 23.9 Å². The number of carbonyl (C=O) groups excluding carboxylic acids is 1. The molecule has 30 heavy (non-hydrogen) atoms. The van der Waals surface area contributed by atoms with E-state index in [1.807, 2.05) is 13.8 Å². The molecule has 0 saturated carbocycles. The highest BCUT2D eigenvalue weighted by molar-refractivity contribution is 5.92. The van der Waals surface area contributed by atoms with Crippen molar-refractivity contribution in [3.05, 3.63) is 77.6 Å². The van der Waals surface area contributed by atoms with Gasteiger partial charge in [-0.15, -0.1) is 0 Å². The minimum absolute atomic E-state index is 0.164. The number of amides is 1. The van der Waals surface area contributed by atoms with E-state index < -0.39 is 5.82 Å². The molecule has 0 saturated heterocycles. The summed E-state index contributed by atoms with van der Waals surface area (Å²) in [5.41, 5.74) is 3.23. The average molecular weight is 405 g/mol. The van der Waals surface area contributed by atoms with Crippen molar-refractivity contribution in [1.29, 1.82) is 0 Å². The smallest absolute Gasteiger partial charge is 0.252 e. The Morgan fingerprint density at radius 3 is 2.83 bits per heavy atom. The van der Waals surface area contributed by atoms with Crippen LogP contribution in [0.15, 0.2) is 54.9 Å². The summed E-state index contributed by atoms with van der Waals surface area (Å²) in [7, 11) is 0. The summed E-state index contributed by atoms with van der Waals surface area (Å²) in [5, 5.41) is 7.05. The monoisotopic (exact) mass is 405 g/mol. The van der Waals surface area contributed by atoms with Crippen molar-refractivity contribution in [3.63, 3.8) is 0 Å². The highest BCUT2D eigenvalue weighted by Gasteiger charge is 2.14. The van der Waals surface area contributed by atoms with Crippen molar-refractivity contribution >= 4 is 17.4 Å². The van der Waals surface area contributed by atoms with Crippen molar-refractivity contribution in [1.82, 2.24) is 19.6 Å². The van der Waals surface area contributed by atoms with Gasteiger partial charge in [0.1, 0.15) is 17.9 Å². The van der Waals surface area contributed by atoms with Crippen LogP contribution in [0.2, 0.25) is 0 Å². The van der Waals surface area contributed by atoms with Crippen LogP contribution in [-0.2, 0) is 11.2 Å². The summed E-state index contributed by atoms with van der Waals surface area (Å²) in [4.78, 5) is 21.1. The first kappa shape index (κ1) is 19.5. The summed E-state index contributed by atoms with van der Waals surface area (Å²) in [5.74, 6) is 0.784. The zero-order valence-corrected chi connectivity index (χ0v) is 16.6. The molecule has 4 aromatic rings. The van der Waals surface area contributed by atoms with Crippen molar-refractivity contribution in [2.45, 2.75) is 26.7 Å². The lowest BCUT2D eigenvalue weighted by Gasteiger charge is -2.13. The van der Waals surface area contributed by atoms with E-state index in [9.17, 15) is 9.18 Å². The zero-order chi connectivity index (χ0) is 21.1. The summed E-state index contributed by atoms with van der Waals surface area (Å²) in [6, 6.07) is 12.9. The first-order valence-corrected chi connectivity index (χ1v) is 9.49. The molecule has 0 aliphatic carbocycles. The molecule has 0 atom stereocenters. The molecular formula is C22H20FN5O2. The van der Waals surface area contributed by atoms with Crippen LogP contribution >= 0.6 is 0 Å². The largest absolute Gasteiger partial charge is 0.455 e. The van der Waals surface area contributed by atoms with E-state index in [-0.39, 0.29) is 12.3 Å². The average Bonchev–Trinajstić information content (AvgIpc) is 3.18. The van der Waals surface area contributed by atoms with Crippen molar-refractivity contribution in [3.8, 4) is 11.5 Å². The predicted octanol–water partition coefficient (Wildman–Crippen LogP) is 4.24. The Hall–Kier alpha value is -3.81. The second kappa shape index (κ2) is 8.28. The van der Waals surface area contributed by atoms with Crippen LogP contribution in [0.1, 0.15) is 23.4 Å². The van der Waals surface area contributed by atoms with Crippen LogP contribution in [0, 0.1) is 19.7 Å². The Kier molecular flexibility index (Phi) is 5.38.